The van der Waals surface area contributed by atoms with Crippen LogP contribution >= 0.6 is 0 Å². The van der Waals surface area contributed by atoms with Crippen molar-refractivity contribution in [1.82, 2.24) is 10.2 Å². The SMILES string of the molecule is CCNCC(C)C(=O)N1CC(C)OC(C)(C)C1. The summed E-state index contributed by atoms with van der Waals surface area (Å²) in [4.78, 5) is 14.2. The third kappa shape index (κ3) is 4.28. The minimum Gasteiger partial charge on any atom is -0.369 e. The third-order valence-corrected chi connectivity index (χ3v) is 3.00. The first-order valence-corrected chi connectivity index (χ1v) is 6.53. The van der Waals surface area contributed by atoms with Gasteiger partial charge in [0.05, 0.1) is 11.7 Å². The molecule has 4 heteroatoms. The molecule has 1 saturated heterocycles. The Morgan fingerprint density at radius 2 is 2.24 bits per heavy atom. The van der Waals surface area contributed by atoms with Crippen LogP contribution < -0.4 is 5.32 Å². The van der Waals surface area contributed by atoms with Gasteiger partial charge in [-0.25, -0.2) is 0 Å². The van der Waals surface area contributed by atoms with Gasteiger partial charge < -0.3 is 15.0 Å². The van der Waals surface area contributed by atoms with Gasteiger partial charge in [-0.1, -0.05) is 13.8 Å². The Morgan fingerprint density at radius 3 is 2.76 bits per heavy atom. The molecule has 0 aromatic rings. The summed E-state index contributed by atoms with van der Waals surface area (Å²) in [5, 5.41) is 3.22. The highest BCUT2D eigenvalue weighted by Crippen LogP contribution is 2.21. The maximum atomic E-state index is 12.3. The van der Waals surface area contributed by atoms with E-state index in [0.717, 1.165) is 13.1 Å². The number of morpholine rings is 1. The Morgan fingerprint density at radius 1 is 1.59 bits per heavy atom. The average molecular weight is 242 g/mol. The molecule has 0 aliphatic carbocycles. The predicted octanol–water partition coefficient (Wildman–Crippen LogP) is 1.26. The minimum atomic E-state index is -0.231. The van der Waals surface area contributed by atoms with Crippen LogP contribution in [0.25, 0.3) is 0 Å². The summed E-state index contributed by atoms with van der Waals surface area (Å²) in [6.45, 7) is 13.2. The largest absolute Gasteiger partial charge is 0.369 e. The number of carbonyl (C=O) groups is 1. The summed E-state index contributed by atoms with van der Waals surface area (Å²) in [5.74, 6) is 0.269. The van der Waals surface area contributed by atoms with E-state index in [1.807, 2.05) is 32.6 Å². The van der Waals surface area contributed by atoms with Crippen LogP contribution in [0.5, 0.6) is 0 Å². The van der Waals surface area contributed by atoms with Crippen LogP contribution in [0.15, 0.2) is 0 Å². The van der Waals surface area contributed by atoms with Crippen molar-refractivity contribution in [2.75, 3.05) is 26.2 Å². The van der Waals surface area contributed by atoms with Gasteiger partial charge in [-0.15, -0.1) is 0 Å². The molecule has 1 aliphatic heterocycles. The molecule has 4 nitrogen and oxygen atoms in total. The lowest BCUT2D eigenvalue weighted by Crippen LogP contribution is -2.55. The molecule has 0 aromatic carbocycles. The second-order valence-electron chi connectivity index (χ2n) is 5.62. The molecule has 0 spiro atoms. The van der Waals surface area contributed by atoms with E-state index < -0.39 is 0 Å². The van der Waals surface area contributed by atoms with Gasteiger partial charge in [-0.3, -0.25) is 4.79 Å². The fourth-order valence-electron chi connectivity index (χ4n) is 2.38. The maximum absolute atomic E-state index is 12.3. The number of hydrogen-bond acceptors (Lipinski definition) is 3. The van der Waals surface area contributed by atoms with E-state index in [1.54, 1.807) is 0 Å². The first-order chi connectivity index (χ1) is 7.85. The van der Waals surface area contributed by atoms with Gasteiger partial charge in [0.15, 0.2) is 0 Å². The van der Waals surface area contributed by atoms with Gasteiger partial charge in [-0.2, -0.15) is 0 Å². The van der Waals surface area contributed by atoms with Crippen molar-refractivity contribution in [2.45, 2.75) is 46.3 Å². The fraction of sp³-hybridized carbons (Fsp3) is 0.923. The first kappa shape index (κ1) is 14.5. The zero-order valence-electron chi connectivity index (χ0n) is 11.7. The van der Waals surface area contributed by atoms with Crippen LogP contribution in [-0.2, 0) is 9.53 Å². The molecule has 1 aliphatic rings. The summed E-state index contributed by atoms with van der Waals surface area (Å²) in [5.41, 5.74) is -0.231. The molecule has 1 amide bonds. The second-order valence-corrected chi connectivity index (χ2v) is 5.62. The van der Waals surface area contributed by atoms with Gasteiger partial charge in [0.1, 0.15) is 0 Å². The highest BCUT2D eigenvalue weighted by Gasteiger charge is 2.34. The molecule has 0 aromatic heterocycles. The van der Waals surface area contributed by atoms with Crippen molar-refractivity contribution in [2.24, 2.45) is 5.92 Å². The van der Waals surface area contributed by atoms with E-state index >= 15 is 0 Å². The van der Waals surface area contributed by atoms with Crippen molar-refractivity contribution < 1.29 is 9.53 Å². The van der Waals surface area contributed by atoms with Crippen LogP contribution in [0.1, 0.15) is 34.6 Å². The standard InChI is InChI=1S/C13H26N2O2/c1-6-14-7-10(2)12(16)15-8-11(3)17-13(4,5)9-15/h10-11,14H,6-9H2,1-5H3. The van der Waals surface area contributed by atoms with Crippen LogP contribution in [-0.4, -0.2) is 48.7 Å². The number of ether oxygens (including phenoxy) is 1. The molecule has 0 saturated carbocycles. The number of carbonyl (C=O) groups excluding carboxylic acids is 1. The van der Waals surface area contributed by atoms with E-state index in [1.165, 1.54) is 0 Å². The third-order valence-electron chi connectivity index (χ3n) is 3.00. The van der Waals surface area contributed by atoms with E-state index in [-0.39, 0.29) is 23.5 Å². The lowest BCUT2D eigenvalue weighted by atomic mass is 10.0. The van der Waals surface area contributed by atoms with Crippen molar-refractivity contribution in [3.05, 3.63) is 0 Å². The van der Waals surface area contributed by atoms with Crippen LogP contribution in [0.3, 0.4) is 0 Å². The maximum Gasteiger partial charge on any atom is 0.226 e. The van der Waals surface area contributed by atoms with Crippen molar-refractivity contribution in [3.63, 3.8) is 0 Å². The second kappa shape index (κ2) is 5.83. The number of hydrogen-bond donors (Lipinski definition) is 1. The lowest BCUT2D eigenvalue weighted by Gasteiger charge is -2.42. The van der Waals surface area contributed by atoms with E-state index in [9.17, 15) is 4.79 Å². The molecule has 1 rings (SSSR count). The predicted molar refractivity (Wildman–Crippen MR) is 68.9 cm³/mol. The zero-order chi connectivity index (χ0) is 13.1. The summed E-state index contributed by atoms with van der Waals surface area (Å²) in [6, 6.07) is 0. The number of amides is 1. The number of nitrogens with zero attached hydrogens (tertiary/aromatic N) is 1. The molecular formula is C13H26N2O2. The Kier molecular flexibility index (Phi) is 4.95. The van der Waals surface area contributed by atoms with Gasteiger partial charge >= 0.3 is 0 Å². The monoisotopic (exact) mass is 242 g/mol. The Bertz CT molecular complexity index is 266. The molecule has 2 unspecified atom stereocenters. The molecule has 100 valence electrons. The molecule has 2 atom stereocenters. The Labute approximate surface area is 105 Å². The molecule has 1 heterocycles. The Hall–Kier alpha value is -0.610. The van der Waals surface area contributed by atoms with Crippen molar-refractivity contribution in [3.8, 4) is 0 Å². The smallest absolute Gasteiger partial charge is 0.226 e. The molecule has 1 fully saturated rings. The lowest BCUT2D eigenvalue weighted by molar-refractivity contribution is -0.161. The first-order valence-electron chi connectivity index (χ1n) is 6.53. The number of nitrogens with one attached hydrogen (secondary N) is 1. The van der Waals surface area contributed by atoms with Gasteiger partial charge in [-0.05, 0) is 27.3 Å². The van der Waals surface area contributed by atoms with E-state index in [0.29, 0.717) is 13.1 Å². The van der Waals surface area contributed by atoms with Crippen LogP contribution in [0.4, 0.5) is 0 Å². The van der Waals surface area contributed by atoms with Crippen LogP contribution in [0.2, 0.25) is 0 Å². The molecular weight excluding hydrogens is 216 g/mol. The number of rotatable bonds is 4. The van der Waals surface area contributed by atoms with E-state index in [2.05, 4.69) is 12.2 Å². The van der Waals surface area contributed by atoms with Crippen molar-refractivity contribution >= 4 is 5.91 Å². The van der Waals surface area contributed by atoms with Gasteiger partial charge in [0, 0.05) is 25.6 Å². The summed E-state index contributed by atoms with van der Waals surface area (Å²) < 4.78 is 5.81. The average Bonchev–Trinajstić information content (AvgIpc) is 2.21. The zero-order valence-corrected chi connectivity index (χ0v) is 11.7. The molecule has 0 radical (unpaired) electrons. The molecule has 0 bridgehead atoms. The van der Waals surface area contributed by atoms with Gasteiger partial charge in [0.2, 0.25) is 5.91 Å². The van der Waals surface area contributed by atoms with Gasteiger partial charge in [0.25, 0.3) is 0 Å². The van der Waals surface area contributed by atoms with Crippen LogP contribution in [0, 0.1) is 5.92 Å². The highest BCUT2D eigenvalue weighted by atomic mass is 16.5. The minimum absolute atomic E-state index is 0.0380. The molecule has 1 N–H and O–H groups in total. The fourth-order valence-corrected chi connectivity index (χ4v) is 2.38. The summed E-state index contributed by atoms with van der Waals surface area (Å²) in [6.07, 6.45) is 0.119. The summed E-state index contributed by atoms with van der Waals surface area (Å²) >= 11 is 0. The normalized spacial score (nSPS) is 25.7. The quantitative estimate of drug-likeness (QED) is 0.807. The molecule has 17 heavy (non-hydrogen) atoms. The Balaban J connectivity index is 2.56. The summed E-state index contributed by atoms with van der Waals surface area (Å²) in [7, 11) is 0. The van der Waals surface area contributed by atoms with E-state index in [4.69, 9.17) is 4.74 Å². The highest BCUT2D eigenvalue weighted by molar-refractivity contribution is 5.79. The topological polar surface area (TPSA) is 41.6 Å². The van der Waals surface area contributed by atoms with Crippen molar-refractivity contribution in [1.29, 1.82) is 0 Å².